The number of ether oxygens (including phenoxy) is 1. The molecule has 0 bridgehead atoms. The van der Waals surface area contributed by atoms with Gasteiger partial charge in [0.15, 0.2) is 0 Å². The third-order valence-electron chi connectivity index (χ3n) is 4.67. The van der Waals surface area contributed by atoms with Crippen LogP contribution in [0.25, 0.3) is 0 Å². The lowest BCUT2D eigenvalue weighted by Crippen LogP contribution is -2.33. The number of hydrogen-bond donors (Lipinski definition) is 2. The van der Waals surface area contributed by atoms with E-state index >= 15 is 0 Å². The van der Waals surface area contributed by atoms with Crippen molar-refractivity contribution in [2.24, 2.45) is 5.92 Å². The third kappa shape index (κ3) is 4.95. The molecule has 1 aromatic rings. The van der Waals surface area contributed by atoms with E-state index in [4.69, 9.17) is 4.74 Å². The Kier molecular flexibility index (Phi) is 7.06. The highest BCUT2D eigenvalue weighted by molar-refractivity contribution is 5.94. The predicted molar refractivity (Wildman–Crippen MR) is 95.6 cm³/mol. The minimum Gasteiger partial charge on any atom is -0.459 e. The normalized spacial score (nSPS) is 18.7. The largest absolute Gasteiger partial charge is 0.459 e. The van der Waals surface area contributed by atoms with E-state index in [9.17, 15) is 9.59 Å². The van der Waals surface area contributed by atoms with Gasteiger partial charge in [0, 0.05) is 11.6 Å². The average molecular weight is 353 g/mol. The predicted octanol–water partition coefficient (Wildman–Crippen LogP) is 3.15. The van der Waals surface area contributed by atoms with Crippen LogP contribution in [-0.2, 0) is 9.53 Å². The summed E-state index contributed by atoms with van der Waals surface area (Å²) >= 11 is 0. The monoisotopic (exact) mass is 352 g/mol. The summed E-state index contributed by atoms with van der Waals surface area (Å²) in [4.78, 5) is 24.2. The van der Waals surface area contributed by atoms with Crippen LogP contribution in [-0.4, -0.2) is 31.1 Å². The molecule has 1 aliphatic heterocycles. The van der Waals surface area contributed by atoms with Crippen LogP contribution in [0.2, 0.25) is 0 Å². The first-order valence-electron chi connectivity index (χ1n) is 8.55. The number of benzene rings is 1. The molecular weight excluding hydrogens is 328 g/mol. The number of piperidine rings is 1. The Hall–Kier alpha value is -1.59. The zero-order chi connectivity index (χ0) is 16.1. The summed E-state index contributed by atoms with van der Waals surface area (Å²) in [5.41, 5.74) is 1.27. The fourth-order valence-corrected chi connectivity index (χ4v) is 3.25. The molecule has 0 radical (unpaired) electrons. The van der Waals surface area contributed by atoms with E-state index in [1.54, 1.807) is 24.3 Å². The zero-order valence-electron chi connectivity index (χ0n) is 13.8. The summed E-state index contributed by atoms with van der Waals surface area (Å²) in [5.74, 6) is -0.0577. The Labute approximate surface area is 148 Å². The number of rotatable bonds is 4. The van der Waals surface area contributed by atoms with Gasteiger partial charge in [-0.25, -0.2) is 4.79 Å². The van der Waals surface area contributed by atoms with Crippen molar-refractivity contribution in [1.29, 1.82) is 0 Å². The van der Waals surface area contributed by atoms with Gasteiger partial charge in [-0.05, 0) is 63.0 Å². The molecule has 1 aliphatic carbocycles. The molecule has 0 spiro atoms. The Balaban J connectivity index is 0.00000208. The number of halogens is 1. The number of amides is 1. The summed E-state index contributed by atoms with van der Waals surface area (Å²) in [6.45, 7) is 1.79. The molecule has 1 saturated heterocycles. The van der Waals surface area contributed by atoms with Gasteiger partial charge >= 0.3 is 5.97 Å². The average Bonchev–Trinajstić information content (AvgIpc) is 3.11. The molecule has 5 nitrogen and oxygen atoms in total. The zero-order valence-corrected chi connectivity index (χ0v) is 14.6. The fourth-order valence-electron chi connectivity index (χ4n) is 3.25. The first kappa shape index (κ1) is 18.7. The fraction of sp³-hybridized carbons (Fsp3) is 0.556. The van der Waals surface area contributed by atoms with Crippen molar-refractivity contribution in [2.75, 3.05) is 18.4 Å². The SMILES string of the molecule is Cl.O=C(OC1CCNCC1)c1ccc(NC(=O)C2CCCC2)cc1. The maximum absolute atomic E-state index is 12.1. The highest BCUT2D eigenvalue weighted by atomic mass is 35.5. The molecule has 24 heavy (non-hydrogen) atoms. The number of carbonyl (C=O) groups is 2. The molecule has 1 amide bonds. The Morgan fingerprint density at radius 2 is 1.62 bits per heavy atom. The number of hydrogen-bond acceptors (Lipinski definition) is 4. The molecule has 2 N–H and O–H groups in total. The first-order chi connectivity index (χ1) is 11.2. The van der Waals surface area contributed by atoms with E-state index in [1.807, 2.05) is 0 Å². The van der Waals surface area contributed by atoms with E-state index in [0.717, 1.165) is 57.3 Å². The standard InChI is InChI=1S/C18H24N2O3.ClH/c21-17(13-3-1-2-4-13)20-15-7-5-14(6-8-15)18(22)23-16-9-11-19-12-10-16;/h5-8,13,16,19H,1-4,9-12H2,(H,20,21);1H. The van der Waals surface area contributed by atoms with Gasteiger partial charge in [0.05, 0.1) is 5.56 Å². The van der Waals surface area contributed by atoms with Crippen LogP contribution >= 0.6 is 12.4 Å². The van der Waals surface area contributed by atoms with E-state index in [0.29, 0.717) is 5.56 Å². The molecule has 1 aromatic carbocycles. The Morgan fingerprint density at radius 3 is 2.25 bits per heavy atom. The van der Waals surface area contributed by atoms with Gasteiger partial charge in [0.1, 0.15) is 6.10 Å². The Morgan fingerprint density at radius 1 is 1.00 bits per heavy atom. The topological polar surface area (TPSA) is 67.4 Å². The Bertz CT molecular complexity index is 550. The number of nitrogens with one attached hydrogen (secondary N) is 2. The maximum Gasteiger partial charge on any atom is 0.338 e. The molecule has 0 unspecified atom stereocenters. The van der Waals surface area contributed by atoms with Crippen molar-refractivity contribution in [1.82, 2.24) is 5.32 Å². The summed E-state index contributed by atoms with van der Waals surface area (Å²) in [7, 11) is 0. The smallest absolute Gasteiger partial charge is 0.338 e. The number of anilines is 1. The second kappa shape index (κ2) is 9.04. The van der Waals surface area contributed by atoms with Crippen molar-refractivity contribution in [3.63, 3.8) is 0 Å². The van der Waals surface area contributed by atoms with Gasteiger partial charge in [0.25, 0.3) is 0 Å². The minimum absolute atomic E-state index is 0. The van der Waals surface area contributed by atoms with Crippen LogP contribution in [0.3, 0.4) is 0 Å². The minimum atomic E-state index is -0.287. The quantitative estimate of drug-likeness (QED) is 0.817. The second-order valence-electron chi connectivity index (χ2n) is 6.40. The molecule has 2 aliphatic rings. The lowest BCUT2D eigenvalue weighted by molar-refractivity contribution is -0.119. The highest BCUT2D eigenvalue weighted by Crippen LogP contribution is 2.26. The molecule has 1 saturated carbocycles. The van der Waals surface area contributed by atoms with E-state index in [2.05, 4.69) is 10.6 Å². The van der Waals surface area contributed by atoms with Crippen molar-refractivity contribution in [3.05, 3.63) is 29.8 Å². The number of esters is 1. The van der Waals surface area contributed by atoms with Crippen LogP contribution in [0, 0.1) is 5.92 Å². The van der Waals surface area contributed by atoms with Gasteiger partial charge in [-0.15, -0.1) is 12.4 Å². The lowest BCUT2D eigenvalue weighted by atomic mass is 10.1. The molecule has 0 atom stereocenters. The summed E-state index contributed by atoms with van der Waals surface area (Å²) < 4.78 is 5.51. The van der Waals surface area contributed by atoms with E-state index < -0.39 is 0 Å². The van der Waals surface area contributed by atoms with Gasteiger partial charge in [-0.3, -0.25) is 4.79 Å². The maximum atomic E-state index is 12.1. The van der Waals surface area contributed by atoms with Gasteiger partial charge < -0.3 is 15.4 Å². The molecule has 2 fully saturated rings. The highest BCUT2D eigenvalue weighted by Gasteiger charge is 2.23. The molecular formula is C18H25ClN2O3. The van der Waals surface area contributed by atoms with Crippen LogP contribution < -0.4 is 10.6 Å². The molecule has 1 heterocycles. The van der Waals surface area contributed by atoms with Crippen molar-refractivity contribution < 1.29 is 14.3 Å². The van der Waals surface area contributed by atoms with Gasteiger partial charge in [-0.1, -0.05) is 12.8 Å². The van der Waals surface area contributed by atoms with E-state index in [1.165, 1.54) is 0 Å². The van der Waals surface area contributed by atoms with Crippen molar-refractivity contribution >= 4 is 30.0 Å². The molecule has 132 valence electrons. The second-order valence-corrected chi connectivity index (χ2v) is 6.40. The van der Waals surface area contributed by atoms with Gasteiger partial charge in [-0.2, -0.15) is 0 Å². The molecule has 6 heteroatoms. The number of carbonyl (C=O) groups excluding carboxylic acids is 2. The molecule has 3 rings (SSSR count). The summed E-state index contributed by atoms with van der Waals surface area (Å²) in [6.07, 6.45) is 5.96. The van der Waals surface area contributed by atoms with Gasteiger partial charge in [0.2, 0.25) is 5.91 Å². The van der Waals surface area contributed by atoms with Crippen molar-refractivity contribution in [3.8, 4) is 0 Å². The van der Waals surface area contributed by atoms with Crippen LogP contribution in [0.5, 0.6) is 0 Å². The lowest BCUT2D eigenvalue weighted by Gasteiger charge is -2.22. The van der Waals surface area contributed by atoms with E-state index in [-0.39, 0.29) is 36.3 Å². The molecule has 0 aromatic heterocycles. The van der Waals surface area contributed by atoms with Crippen molar-refractivity contribution in [2.45, 2.75) is 44.6 Å². The van der Waals surface area contributed by atoms with Crippen LogP contribution in [0.4, 0.5) is 5.69 Å². The summed E-state index contributed by atoms with van der Waals surface area (Å²) in [6, 6.07) is 6.97. The summed E-state index contributed by atoms with van der Waals surface area (Å²) in [5, 5.41) is 6.18. The first-order valence-corrected chi connectivity index (χ1v) is 8.55. The third-order valence-corrected chi connectivity index (χ3v) is 4.67. The van der Waals surface area contributed by atoms with Crippen LogP contribution in [0.15, 0.2) is 24.3 Å². The van der Waals surface area contributed by atoms with Crippen LogP contribution in [0.1, 0.15) is 48.9 Å².